The first kappa shape index (κ1) is 29.6. The number of nitrogens with zero attached hydrogens (tertiary/aromatic N) is 3. The van der Waals surface area contributed by atoms with Crippen LogP contribution in [0.25, 0.3) is 105 Å². The molecule has 53 heavy (non-hydrogen) atoms. The second-order valence-electron chi connectivity index (χ2n) is 13.8. The lowest BCUT2D eigenvalue weighted by Gasteiger charge is -2.18. The number of imidazole rings is 1. The molecule has 3 nitrogen and oxygen atoms in total. The summed E-state index contributed by atoms with van der Waals surface area (Å²) in [5.41, 5.74) is 13.5. The number of pyridine rings is 2. The Balaban J connectivity index is 1.07. The van der Waals surface area contributed by atoms with Crippen LogP contribution in [0.4, 0.5) is 0 Å². The van der Waals surface area contributed by atoms with Crippen LogP contribution in [-0.4, -0.2) is 14.4 Å². The number of hydrogen-bond acceptors (Lipinski definition) is 2. The summed E-state index contributed by atoms with van der Waals surface area (Å²) in [7, 11) is 0. The van der Waals surface area contributed by atoms with Crippen molar-refractivity contribution in [2.24, 2.45) is 0 Å². The maximum Gasteiger partial charge on any atom is 0.146 e. The van der Waals surface area contributed by atoms with Crippen LogP contribution in [0.15, 0.2) is 188 Å². The predicted molar refractivity (Wildman–Crippen MR) is 222 cm³/mol. The van der Waals surface area contributed by atoms with E-state index < -0.39 is 0 Å². The van der Waals surface area contributed by atoms with Crippen molar-refractivity contribution >= 4 is 59.9 Å². The highest BCUT2D eigenvalue weighted by Gasteiger charge is 2.18. The van der Waals surface area contributed by atoms with E-state index >= 15 is 0 Å². The molecule has 8 aromatic carbocycles. The number of hydrogen-bond donors (Lipinski definition) is 0. The standard InChI is InChI=1S/C50H31N3/c1-3-13-34(14-4-1)48-38-18-7-8-19-39(38)49(35-15-5-2-6-16-35)41-29-36(27-28-40(41)48)32-23-25-33(26-24-32)45-30-42-43(31-51-45)37-17-9-11-21-46(37)53-47-22-12-10-20-44(47)52-50(42)53/h1-31H. The number of rotatable bonds is 4. The lowest BCUT2D eigenvalue weighted by Crippen LogP contribution is -1.93. The van der Waals surface area contributed by atoms with Gasteiger partial charge in [0.25, 0.3) is 0 Å². The molecule has 3 heteroatoms. The molecular formula is C50H31N3. The van der Waals surface area contributed by atoms with Gasteiger partial charge in [0.15, 0.2) is 0 Å². The lowest BCUT2D eigenvalue weighted by atomic mass is 9.85. The summed E-state index contributed by atoms with van der Waals surface area (Å²) in [6.07, 6.45) is 2.02. The minimum absolute atomic E-state index is 0.928. The van der Waals surface area contributed by atoms with Crippen LogP contribution >= 0.6 is 0 Å². The molecule has 0 saturated carbocycles. The highest BCUT2D eigenvalue weighted by Crippen LogP contribution is 2.45. The molecule has 0 atom stereocenters. The fourth-order valence-corrected chi connectivity index (χ4v) is 8.38. The summed E-state index contributed by atoms with van der Waals surface area (Å²) >= 11 is 0. The van der Waals surface area contributed by atoms with Crippen LogP contribution in [0.1, 0.15) is 0 Å². The van der Waals surface area contributed by atoms with Gasteiger partial charge in [-0.1, -0.05) is 152 Å². The van der Waals surface area contributed by atoms with Crippen LogP contribution in [0.2, 0.25) is 0 Å². The summed E-state index contributed by atoms with van der Waals surface area (Å²) < 4.78 is 2.29. The van der Waals surface area contributed by atoms with E-state index in [0.29, 0.717) is 0 Å². The van der Waals surface area contributed by atoms with Gasteiger partial charge in [-0.15, -0.1) is 0 Å². The Bertz CT molecular complexity index is 3200. The molecule has 11 aromatic rings. The molecule has 0 saturated heterocycles. The van der Waals surface area contributed by atoms with Gasteiger partial charge in [-0.25, -0.2) is 4.98 Å². The maximum atomic E-state index is 5.12. The largest absolute Gasteiger partial charge is 0.292 e. The molecule has 0 radical (unpaired) electrons. The molecule has 0 aliphatic carbocycles. The molecule has 3 heterocycles. The Hall–Kier alpha value is -7.10. The van der Waals surface area contributed by atoms with E-state index in [2.05, 4.69) is 186 Å². The molecule has 0 spiro atoms. The van der Waals surface area contributed by atoms with Crippen molar-refractivity contribution in [2.75, 3.05) is 0 Å². The Morgan fingerprint density at radius 3 is 1.60 bits per heavy atom. The number of benzene rings is 8. The van der Waals surface area contributed by atoms with Crippen molar-refractivity contribution in [2.45, 2.75) is 0 Å². The van der Waals surface area contributed by atoms with Gasteiger partial charge >= 0.3 is 0 Å². The van der Waals surface area contributed by atoms with Gasteiger partial charge in [0.1, 0.15) is 5.65 Å². The molecule has 0 N–H and O–H groups in total. The zero-order valence-electron chi connectivity index (χ0n) is 28.7. The van der Waals surface area contributed by atoms with E-state index in [1.807, 2.05) is 6.20 Å². The fraction of sp³-hybridized carbons (Fsp3) is 0. The zero-order chi connectivity index (χ0) is 34.9. The van der Waals surface area contributed by atoms with Gasteiger partial charge in [0.2, 0.25) is 0 Å². The minimum Gasteiger partial charge on any atom is -0.292 e. The third-order valence-electron chi connectivity index (χ3n) is 10.8. The molecule has 0 aliphatic heterocycles. The highest BCUT2D eigenvalue weighted by molar-refractivity contribution is 6.22. The Labute approximate surface area is 306 Å². The van der Waals surface area contributed by atoms with E-state index in [0.717, 1.165) is 49.8 Å². The summed E-state index contributed by atoms with van der Waals surface area (Å²) in [6.45, 7) is 0. The van der Waals surface area contributed by atoms with Crippen LogP contribution < -0.4 is 0 Å². The van der Waals surface area contributed by atoms with Gasteiger partial charge in [0, 0.05) is 27.9 Å². The topological polar surface area (TPSA) is 30.2 Å². The average molecular weight is 674 g/mol. The summed E-state index contributed by atoms with van der Waals surface area (Å²) in [5.74, 6) is 0. The summed E-state index contributed by atoms with van der Waals surface area (Å²) in [5, 5.41) is 8.39. The van der Waals surface area contributed by atoms with E-state index in [9.17, 15) is 0 Å². The third kappa shape index (κ3) is 4.61. The monoisotopic (exact) mass is 673 g/mol. The number of aromatic nitrogens is 3. The predicted octanol–water partition coefficient (Wildman–Crippen LogP) is 13.2. The van der Waals surface area contributed by atoms with Gasteiger partial charge in [-0.05, 0) is 85.3 Å². The second kappa shape index (κ2) is 11.7. The van der Waals surface area contributed by atoms with Crippen LogP contribution in [0.3, 0.4) is 0 Å². The van der Waals surface area contributed by atoms with Crippen molar-refractivity contribution in [3.05, 3.63) is 188 Å². The normalized spacial score (nSPS) is 11.8. The molecule has 0 unspecified atom stereocenters. The third-order valence-corrected chi connectivity index (χ3v) is 10.8. The van der Waals surface area contributed by atoms with Gasteiger partial charge < -0.3 is 0 Å². The van der Waals surface area contributed by atoms with E-state index in [-0.39, 0.29) is 0 Å². The maximum absolute atomic E-state index is 5.12. The van der Waals surface area contributed by atoms with E-state index in [4.69, 9.17) is 9.97 Å². The fourth-order valence-electron chi connectivity index (χ4n) is 8.38. The van der Waals surface area contributed by atoms with Crippen molar-refractivity contribution in [3.8, 4) is 44.6 Å². The molecule has 0 aliphatic rings. The Morgan fingerprint density at radius 1 is 0.340 bits per heavy atom. The van der Waals surface area contributed by atoms with Crippen molar-refractivity contribution in [1.82, 2.24) is 14.4 Å². The van der Waals surface area contributed by atoms with Gasteiger partial charge in [0.05, 0.1) is 22.2 Å². The quantitative estimate of drug-likeness (QED) is 0.137. The van der Waals surface area contributed by atoms with Gasteiger partial charge in [-0.3, -0.25) is 9.38 Å². The van der Waals surface area contributed by atoms with Crippen LogP contribution in [-0.2, 0) is 0 Å². The van der Waals surface area contributed by atoms with Crippen LogP contribution in [0, 0.1) is 0 Å². The first-order valence-corrected chi connectivity index (χ1v) is 18.1. The first-order chi connectivity index (χ1) is 26.3. The first-order valence-electron chi connectivity index (χ1n) is 18.1. The van der Waals surface area contributed by atoms with Crippen LogP contribution in [0.5, 0.6) is 0 Å². The lowest BCUT2D eigenvalue weighted by molar-refractivity contribution is 1.30. The molecule has 0 bridgehead atoms. The van der Waals surface area contributed by atoms with E-state index in [1.54, 1.807) is 0 Å². The Kier molecular flexibility index (Phi) is 6.55. The molecule has 11 rings (SSSR count). The summed E-state index contributed by atoms with van der Waals surface area (Å²) in [6, 6.07) is 65.3. The SMILES string of the molecule is c1ccc(-c2c3ccccc3c(-c3ccccc3)c3cc(-c4ccc(-c5cc6c(cn5)c5ccccc5n5c7ccccc7nc65)cc4)ccc23)cc1. The average Bonchev–Trinajstić information content (AvgIpc) is 3.63. The Morgan fingerprint density at radius 2 is 0.887 bits per heavy atom. The number of para-hydroxylation sites is 3. The highest BCUT2D eigenvalue weighted by atomic mass is 15.0. The molecule has 0 amide bonds. The smallest absolute Gasteiger partial charge is 0.146 e. The molecular weight excluding hydrogens is 643 g/mol. The van der Waals surface area contributed by atoms with E-state index in [1.165, 1.54) is 54.7 Å². The summed E-state index contributed by atoms with van der Waals surface area (Å²) in [4.78, 5) is 10.1. The molecule has 246 valence electrons. The van der Waals surface area contributed by atoms with Crippen molar-refractivity contribution in [1.29, 1.82) is 0 Å². The van der Waals surface area contributed by atoms with Gasteiger partial charge in [-0.2, -0.15) is 0 Å². The molecule has 3 aromatic heterocycles. The zero-order valence-corrected chi connectivity index (χ0v) is 28.7. The van der Waals surface area contributed by atoms with Crippen molar-refractivity contribution < 1.29 is 0 Å². The second-order valence-corrected chi connectivity index (χ2v) is 13.8. The number of fused-ring (bicyclic) bond motifs is 10. The minimum atomic E-state index is 0.928. The molecule has 0 fully saturated rings. The van der Waals surface area contributed by atoms with Crippen molar-refractivity contribution in [3.63, 3.8) is 0 Å².